The summed E-state index contributed by atoms with van der Waals surface area (Å²) >= 11 is 0. The molecular weight excluding hydrogens is 480 g/mol. The number of benzene rings is 2. The molecular formula is C31H40N2O5. The van der Waals surface area contributed by atoms with E-state index in [4.69, 9.17) is 14.2 Å². The van der Waals surface area contributed by atoms with Crippen molar-refractivity contribution in [1.82, 2.24) is 4.90 Å². The fourth-order valence-corrected chi connectivity index (χ4v) is 6.08. The molecule has 0 spiro atoms. The van der Waals surface area contributed by atoms with E-state index in [2.05, 4.69) is 29.2 Å². The van der Waals surface area contributed by atoms with Crippen LogP contribution >= 0.6 is 0 Å². The van der Waals surface area contributed by atoms with Gasteiger partial charge in [-0.2, -0.15) is 0 Å². The molecule has 7 heteroatoms. The number of ether oxygens (including phenoxy) is 3. The minimum absolute atomic E-state index is 0.133. The second-order valence-electron chi connectivity index (χ2n) is 11.0. The van der Waals surface area contributed by atoms with Crippen molar-refractivity contribution in [1.29, 1.82) is 0 Å². The molecule has 1 saturated heterocycles. The van der Waals surface area contributed by atoms with E-state index in [1.165, 1.54) is 12.8 Å². The van der Waals surface area contributed by atoms with Crippen molar-refractivity contribution in [3.05, 3.63) is 54.1 Å². The predicted octanol–water partition coefficient (Wildman–Crippen LogP) is 5.99. The van der Waals surface area contributed by atoms with Crippen molar-refractivity contribution in [2.45, 2.75) is 76.9 Å². The lowest BCUT2D eigenvalue weighted by Gasteiger charge is -2.43. The zero-order chi connectivity index (χ0) is 26.5. The lowest BCUT2D eigenvalue weighted by Crippen LogP contribution is -2.57. The summed E-state index contributed by atoms with van der Waals surface area (Å²) in [7, 11) is 1.67. The molecule has 1 atom stereocenters. The van der Waals surface area contributed by atoms with Gasteiger partial charge in [-0.15, -0.1) is 0 Å². The normalized spacial score (nSPS) is 21.1. The first kappa shape index (κ1) is 26.4. The van der Waals surface area contributed by atoms with E-state index in [9.17, 15) is 9.59 Å². The number of methoxy groups -OCH3 is 1. The lowest BCUT2D eigenvalue weighted by atomic mass is 9.67. The van der Waals surface area contributed by atoms with Gasteiger partial charge in [-0.1, -0.05) is 43.7 Å². The summed E-state index contributed by atoms with van der Waals surface area (Å²) in [5, 5.41) is 0. The first-order valence-electron chi connectivity index (χ1n) is 14.2. The van der Waals surface area contributed by atoms with Gasteiger partial charge in [0.05, 0.1) is 24.7 Å². The molecule has 1 heterocycles. The molecule has 3 fully saturated rings. The van der Waals surface area contributed by atoms with Crippen LogP contribution in [-0.2, 0) is 16.0 Å². The van der Waals surface area contributed by atoms with Crippen LogP contribution in [0.1, 0.15) is 63.9 Å². The highest BCUT2D eigenvalue weighted by molar-refractivity contribution is 5.89. The number of rotatable bonds is 8. The number of hydrogen-bond donors (Lipinski definition) is 0. The van der Waals surface area contributed by atoms with Gasteiger partial charge in [0.1, 0.15) is 0 Å². The van der Waals surface area contributed by atoms with Gasteiger partial charge >= 0.3 is 12.1 Å². The molecule has 1 aliphatic heterocycles. The molecule has 0 radical (unpaired) electrons. The molecule has 0 aromatic heterocycles. The molecule has 2 aromatic rings. The summed E-state index contributed by atoms with van der Waals surface area (Å²) < 4.78 is 17.4. The molecule has 38 heavy (non-hydrogen) atoms. The molecule has 0 N–H and O–H groups in total. The zero-order valence-electron chi connectivity index (χ0n) is 22.7. The van der Waals surface area contributed by atoms with Gasteiger partial charge < -0.3 is 24.0 Å². The van der Waals surface area contributed by atoms with Crippen molar-refractivity contribution in [2.75, 3.05) is 31.6 Å². The molecule has 1 unspecified atom stereocenters. The highest BCUT2D eigenvalue weighted by atomic mass is 16.6. The van der Waals surface area contributed by atoms with Gasteiger partial charge in [0.2, 0.25) is 0 Å². The molecule has 7 nitrogen and oxygen atoms in total. The number of piperazine rings is 1. The molecule has 1 amide bonds. The van der Waals surface area contributed by atoms with Crippen LogP contribution in [0.25, 0.3) is 0 Å². The number of carbonyl (C=O) groups excluding carboxylic acids is 2. The number of carbonyl (C=O) groups is 2. The fraction of sp³-hybridized carbons (Fsp3) is 0.548. The molecule has 2 saturated carbocycles. The standard InChI is InChI=1S/C31H40N2O5/c1-3-31(16-9-17-31)29(34)38-30(35)33-19-18-32(22-25(33)20-23-10-5-4-6-11-23)24-14-15-27(36-2)28(21-24)37-26-12-7-8-13-26/h4-6,10-11,14-15,21,25-26H,3,7-9,12-13,16-20,22H2,1-2H3. The Morgan fingerprint density at radius 3 is 2.39 bits per heavy atom. The van der Waals surface area contributed by atoms with E-state index in [0.29, 0.717) is 32.5 Å². The van der Waals surface area contributed by atoms with Gasteiger partial charge in [0, 0.05) is 31.4 Å². The molecule has 204 valence electrons. The second kappa shape index (κ2) is 11.7. The SMILES string of the molecule is CCC1(C(=O)OC(=O)N2CCN(c3ccc(OC)c(OC4CCCC4)c3)CC2Cc2ccccc2)CCC1. The maximum Gasteiger partial charge on any atom is 0.417 e. The Balaban J connectivity index is 1.33. The van der Waals surface area contributed by atoms with Gasteiger partial charge in [-0.3, -0.25) is 4.79 Å². The minimum atomic E-state index is -0.518. The third kappa shape index (κ3) is 5.62. The van der Waals surface area contributed by atoms with E-state index >= 15 is 0 Å². The van der Waals surface area contributed by atoms with Crippen LogP contribution in [0.2, 0.25) is 0 Å². The van der Waals surface area contributed by atoms with Crippen molar-refractivity contribution in [3.63, 3.8) is 0 Å². The maximum atomic E-state index is 13.3. The van der Waals surface area contributed by atoms with Gasteiger partial charge in [0.25, 0.3) is 0 Å². The van der Waals surface area contributed by atoms with Crippen LogP contribution in [-0.4, -0.2) is 55.9 Å². The first-order chi connectivity index (χ1) is 18.5. The van der Waals surface area contributed by atoms with Crippen LogP contribution in [0.15, 0.2) is 48.5 Å². The smallest absolute Gasteiger partial charge is 0.417 e. The van der Waals surface area contributed by atoms with Crippen LogP contribution in [0.3, 0.4) is 0 Å². The Bertz CT molecular complexity index is 1100. The third-order valence-corrected chi connectivity index (χ3v) is 8.74. The Morgan fingerprint density at radius 2 is 1.74 bits per heavy atom. The maximum absolute atomic E-state index is 13.3. The number of esters is 1. The zero-order valence-corrected chi connectivity index (χ0v) is 22.7. The topological polar surface area (TPSA) is 68.3 Å². The summed E-state index contributed by atoms with van der Waals surface area (Å²) in [6, 6.07) is 16.1. The van der Waals surface area contributed by atoms with Crippen LogP contribution in [0.5, 0.6) is 11.5 Å². The van der Waals surface area contributed by atoms with Crippen molar-refractivity contribution in [3.8, 4) is 11.5 Å². The summed E-state index contributed by atoms with van der Waals surface area (Å²) in [5.41, 5.74) is 1.71. The van der Waals surface area contributed by atoms with Crippen LogP contribution in [0, 0.1) is 5.41 Å². The van der Waals surface area contributed by atoms with E-state index in [-0.39, 0.29) is 18.1 Å². The summed E-state index contributed by atoms with van der Waals surface area (Å²) in [6.45, 7) is 3.75. The number of nitrogens with zero attached hydrogens (tertiary/aromatic N) is 2. The van der Waals surface area contributed by atoms with E-state index in [1.807, 2.05) is 31.2 Å². The van der Waals surface area contributed by atoms with Crippen molar-refractivity contribution in [2.24, 2.45) is 5.41 Å². The summed E-state index contributed by atoms with van der Waals surface area (Å²) in [4.78, 5) is 30.3. The second-order valence-corrected chi connectivity index (χ2v) is 11.0. The van der Waals surface area contributed by atoms with E-state index < -0.39 is 11.5 Å². The monoisotopic (exact) mass is 520 g/mol. The number of hydrogen-bond acceptors (Lipinski definition) is 6. The molecule has 5 rings (SSSR count). The van der Waals surface area contributed by atoms with Crippen LogP contribution < -0.4 is 14.4 Å². The van der Waals surface area contributed by atoms with E-state index in [1.54, 1.807) is 12.0 Å². The van der Waals surface area contributed by atoms with Crippen LogP contribution in [0.4, 0.5) is 10.5 Å². The fourth-order valence-electron chi connectivity index (χ4n) is 6.08. The Kier molecular flexibility index (Phi) is 8.10. The highest BCUT2D eigenvalue weighted by Gasteiger charge is 2.46. The Hall–Kier alpha value is -3.22. The lowest BCUT2D eigenvalue weighted by molar-refractivity contribution is -0.156. The predicted molar refractivity (Wildman–Crippen MR) is 147 cm³/mol. The number of anilines is 1. The highest BCUT2D eigenvalue weighted by Crippen LogP contribution is 2.45. The molecule has 2 aliphatic carbocycles. The van der Waals surface area contributed by atoms with Crippen molar-refractivity contribution >= 4 is 17.7 Å². The minimum Gasteiger partial charge on any atom is -0.493 e. The molecule has 3 aliphatic rings. The van der Waals surface area contributed by atoms with Gasteiger partial charge in [0.15, 0.2) is 11.5 Å². The molecule has 0 bridgehead atoms. The van der Waals surface area contributed by atoms with Gasteiger partial charge in [-0.05, 0) is 69.1 Å². The average Bonchev–Trinajstić information content (AvgIpc) is 3.42. The average molecular weight is 521 g/mol. The number of amides is 1. The van der Waals surface area contributed by atoms with Crippen molar-refractivity contribution < 1.29 is 23.8 Å². The van der Waals surface area contributed by atoms with Gasteiger partial charge in [-0.25, -0.2) is 4.79 Å². The summed E-state index contributed by atoms with van der Waals surface area (Å²) in [6.07, 6.45) is 8.29. The Labute approximate surface area is 226 Å². The van der Waals surface area contributed by atoms with E-state index in [0.717, 1.165) is 54.9 Å². The quantitative estimate of drug-likeness (QED) is 0.314. The molecule has 2 aromatic carbocycles. The third-order valence-electron chi connectivity index (χ3n) is 8.74. The Morgan fingerprint density at radius 1 is 0.974 bits per heavy atom. The first-order valence-corrected chi connectivity index (χ1v) is 14.2. The summed E-state index contributed by atoms with van der Waals surface area (Å²) in [5.74, 6) is 1.15. The largest absolute Gasteiger partial charge is 0.493 e.